The number of aromatic hydroxyl groups is 1. The van der Waals surface area contributed by atoms with Crippen LogP contribution in [0.15, 0.2) is 41.7 Å². The van der Waals surface area contributed by atoms with Gasteiger partial charge in [0.2, 0.25) is 0 Å². The Balaban J connectivity index is 2.15. The molecule has 134 valence electrons. The van der Waals surface area contributed by atoms with Crippen molar-refractivity contribution in [3.63, 3.8) is 0 Å². The average Bonchev–Trinajstić information content (AvgIpc) is 3.10. The zero-order valence-corrected chi connectivity index (χ0v) is 15.6. The maximum Gasteiger partial charge on any atom is 0.145 e. The number of nitrogens with one attached hydrogen (secondary N) is 1. The summed E-state index contributed by atoms with van der Waals surface area (Å²) >= 11 is 1.39. The molecule has 0 atom stereocenters. The molecule has 8 heteroatoms. The monoisotopic (exact) mass is 376 g/mol. The second-order valence-corrected chi connectivity index (χ2v) is 6.62. The maximum atomic E-state index is 9.81. The molecule has 27 heavy (non-hydrogen) atoms. The Hall–Kier alpha value is -3.49. The quantitative estimate of drug-likeness (QED) is 0.657. The maximum absolute atomic E-state index is 9.81. The molecule has 0 bridgehead atoms. The Kier molecular flexibility index (Phi) is 5.30. The molecule has 7 nitrogen and oxygen atoms in total. The van der Waals surface area contributed by atoms with E-state index in [1.165, 1.54) is 23.9 Å². The lowest BCUT2D eigenvalue weighted by Gasteiger charge is -2.14. The van der Waals surface area contributed by atoms with Gasteiger partial charge in [-0.15, -0.1) is 0 Å². The van der Waals surface area contributed by atoms with Crippen LogP contribution in [0.4, 0.5) is 5.82 Å². The third-order valence-electron chi connectivity index (χ3n) is 4.04. The predicted molar refractivity (Wildman–Crippen MR) is 103 cm³/mol. The van der Waals surface area contributed by atoms with Gasteiger partial charge in [0.25, 0.3) is 0 Å². The zero-order chi connectivity index (χ0) is 19.4. The van der Waals surface area contributed by atoms with E-state index in [0.29, 0.717) is 38.9 Å². The van der Waals surface area contributed by atoms with Gasteiger partial charge in [-0.25, -0.2) is 9.97 Å². The number of nitrogens with zero attached hydrogens (tertiary/aromatic N) is 5. The van der Waals surface area contributed by atoms with Crippen molar-refractivity contribution in [2.45, 2.75) is 10.8 Å². The smallest absolute Gasteiger partial charge is 0.145 e. The fraction of sp³-hybridized carbons (Fsp3) is 0.158. The molecule has 3 rings (SSSR count). The van der Waals surface area contributed by atoms with E-state index in [9.17, 15) is 15.6 Å². The molecule has 0 unspecified atom stereocenters. The van der Waals surface area contributed by atoms with Gasteiger partial charge in [-0.2, -0.15) is 10.5 Å². The number of pyridine rings is 1. The van der Waals surface area contributed by atoms with E-state index in [2.05, 4.69) is 27.4 Å². The normalized spacial score (nSPS) is 10.2. The molecule has 0 aliphatic carbocycles. The largest absolute Gasteiger partial charge is 0.508 e. The van der Waals surface area contributed by atoms with Crippen molar-refractivity contribution in [3.05, 3.63) is 53.6 Å². The molecule has 0 saturated heterocycles. The number of hydrogen-bond donors (Lipinski definition) is 2. The van der Waals surface area contributed by atoms with E-state index < -0.39 is 0 Å². The first-order chi connectivity index (χ1) is 13.1. The highest BCUT2D eigenvalue weighted by atomic mass is 32.2. The Morgan fingerprint density at radius 2 is 1.89 bits per heavy atom. The second-order valence-electron chi connectivity index (χ2n) is 5.65. The Labute approximate surface area is 160 Å². The van der Waals surface area contributed by atoms with Crippen LogP contribution in [0.1, 0.15) is 17.0 Å². The Morgan fingerprint density at radius 3 is 2.44 bits per heavy atom. The summed E-state index contributed by atoms with van der Waals surface area (Å²) in [6, 6.07) is 10.8. The number of aromatic nitrogens is 3. The summed E-state index contributed by atoms with van der Waals surface area (Å²) in [4.78, 5) is 8.77. The fourth-order valence-corrected chi connectivity index (χ4v) is 3.64. The van der Waals surface area contributed by atoms with E-state index in [1.54, 1.807) is 25.4 Å². The number of rotatable bonds is 5. The molecule has 0 spiro atoms. The summed E-state index contributed by atoms with van der Waals surface area (Å²) in [5.41, 5.74) is 1.79. The summed E-state index contributed by atoms with van der Waals surface area (Å²) in [5.74, 6) is 1.91. The minimum absolute atomic E-state index is 0.114. The Bertz CT molecular complexity index is 1060. The van der Waals surface area contributed by atoms with Gasteiger partial charge >= 0.3 is 0 Å². The van der Waals surface area contributed by atoms with Crippen molar-refractivity contribution in [2.24, 2.45) is 7.05 Å². The molecule has 0 amide bonds. The van der Waals surface area contributed by atoms with E-state index >= 15 is 0 Å². The van der Waals surface area contributed by atoms with Crippen LogP contribution < -0.4 is 5.32 Å². The van der Waals surface area contributed by atoms with E-state index in [-0.39, 0.29) is 5.75 Å². The molecule has 3 aromatic rings. The van der Waals surface area contributed by atoms with E-state index in [1.807, 2.05) is 17.8 Å². The lowest BCUT2D eigenvalue weighted by atomic mass is 9.97. The second kappa shape index (κ2) is 7.81. The van der Waals surface area contributed by atoms with Crippen LogP contribution in [0.2, 0.25) is 0 Å². The molecule has 0 aliphatic rings. The number of hydrogen-bond acceptors (Lipinski definition) is 7. The lowest BCUT2D eigenvalue weighted by Crippen LogP contribution is -2.04. The van der Waals surface area contributed by atoms with Gasteiger partial charge in [-0.05, 0) is 17.7 Å². The molecule has 2 aromatic heterocycles. The summed E-state index contributed by atoms with van der Waals surface area (Å²) in [6.45, 7) is 0. The highest BCUT2D eigenvalue weighted by molar-refractivity contribution is 7.98. The molecule has 2 N–H and O–H groups in total. The van der Waals surface area contributed by atoms with Gasteiger partial charge < -0.3 is 15.0 Å². The third kappa shape index (κ3) is 3.57. The van der Waals surface area contributed by atoms with Crippen molar-refractivity contribution in [3.8, 4) is 29.0 Å². The number of phenolic OH excluding ortho intramolecular Hbond substituents is 1. The number of benzene rings is 1. The molecule has 0 fully saturated rings. The minimum Gasteiger partial charge on any atom is -0.508 e. The minimum atomic E-state index is 0.114. The van der Waals surface area contributed by atoms with Gasteiger partial charge in [-0.1, -0.05) is 23.9 Å². The summed E-state index contributed by atoms with van der Waals surface area (Å²) in [7, 11) is 3.59. The molecule has 0 saturated carbocycles. The van der Waals surface area contributed by atoms with Crippen LogP contribution in [-0.4, -0.2) is 26.7 Å². The van der Waals surface area contributed by atoms with E-state index in [4.69, 9.17) is 0 Å². The van der Waals surface area contributed by atoms with Crippen molar-refractivity contribution in [1.82, 2.24) is 14.5 Å². The van der Waals surface area contributed by atoms with Gasteiger partial charge in [0.15, 0.2) is 0 Å². The molecule has 0 aliphatic heterocycles. The number of nitriles is 2. The summed E-state index contributed by atoms with van der Waals surface area (Å²) in [6.07, 6.45) is 3.57. The first-order valence-corrected chi connectivity index (χ1v) is 9.02. The van der Waals surface area contributed by atoms with Crippen molar-refractivity contribution in [1.29, 1.82) is 10.5 Å². The average molecular weight is 376 g/mol. The van der Waals surface area contributed by atoms with Crippen LogP contribution in [0.5, 0.6) is 5.75 Å². The molecular weight excluding hydrogens is 360 g/mol. The number of anilines is 1. The Morgan fingerprint density at radius 1 is 1.19 bits per heavy atom. The number of thioether (sulfide) groups is 1. The predicted octanol–water partition coefficient (Wildman–Crippen LogP) is 3.27. The van der Waals surface area contributed by atoms with Crippen LogP contribution in [0, 0.1) is 22.7 Å². The molecular formula is C19H16N6OS. The van der Waals surface area contributed by atoms with Crippen LogP contribution >= 0.6 is 11.8 Å². The molecule has 1 aromatic carbocycles. The van der Waals surface area contributed by atoms with E-state index in [0.717, 1.165) is 5.82 Å². The standard InChI is InChI=1S/C19H16N6OS/c1-22-18-14(9-20)17(12-3-5-13(26)6-4-12)15(10-21)19(24-18)27-11-16-23-7-8-25(16)2/h3-8,26H,11H2,1-2H3,(H,22,24). The molecule has 2 heterocycles. The first-order valence-electron chi connectivity index (χ1n) is 8.03. The topological polar surface area (TPSA) is 111 Å². The van der Waals surface area contributed by atoms with Gasteiger partial charge in [0, 0.05) is 32.1 Å². The number of aryl methyl sites for hydroxylation is 1. The van der Waals surface area contributed by atoms with Crippen molar-refractivity contribution < 1.29 is 5.11 Å². The number of imidazole rings is 1. The van der Waals surface area contributed by atoms with Gasteiger partial charge in [0.1, 0.15) is 40.1 Å². The first kappa shape index (κ1) is 18.3. The molecule has 0 radical (unpaired) electrons. The highest BCUT2D eigenvalue weighted by Gasteiger charge is 2.21. The summed E-state index contributed by atoms with van der Waals surface area (Å²) < 4.78 is 1.91. The van der Waals surface area contributed by atoms with Crippen molar-refractivity contribution in [2.75, 3.05) is 12.4 Å². The third-order valence-corrected chi connectivity index (χ3v) is 5.01. The summed E-state index contributed by atoms with van der Waals surface area (Å²) in [5, 5.41) is 32.5. The van der Waals surface area contributed by atoms with Crippen molar-refractivity contribution >= 4 is 17.6 Å². The van der Waals surface area contributed by atoms with Crippen LogP contribution in [0.25, 0.3) is 11.1 Å². The van der Waals surface area contributed by atoms with Crippen LogP contribution in [-0.2, 0) is 12.8 Å². The zero-order valence-electron chi connectivity index (χ0n) is 14.8. The number of phenols is 1. The van der Waals surface area contributed by atoms with Gasteiger partial charge in [-0.3, -0.25) is 0 Å². The highest BCUT2D eigenvalue weighted by Crippen LogP contribution is 2.37. The van der Waals surface area contributed by atoms with Gasteiger partial charge in [0.05, 0.1) is 11.3 Å². The SMILES string of the molecule is CNc1nc(SCc2nccn2C)c(C#N)c(-c2ccc(O)cc2)c1C#N. The van der Waals surface area contributed by atoms with Crippen LogP contribution in [0.3, 0.4) is 0 Å². The lowest BCUT2D eigenvalue weighted by molar-refractivity contribution is 0.475. The fourth-order valence-electron chi connectivity index (χ4n) is 2.65.